The first-order chi connectivity index (χ1) is 11.3. The second-order valence-electron chi connectivity index (χ2n) is 5.69. The van der Waals surface area contributed by atoms with Gasteiger partial charge in [0.2, 0.25) is 0 Å². The summed E-state index contributed by atoms with van der Waals surface area (Å²) in [4.78, 5) is 14.6. The van der Waals surface area contributed by atoms with Crippen LogP contribution in [0.25, 0.3) is 10.1 Å². The minimum atomic E-state index is 0.0200. The van der Waals surface area contributed by atoms with E-state index in [1.54, 1.807) is 11.3 Å². The number of rotatable bonds is 1. The second kappa shape index (κ2) is 4.73. The lowest BCUT2D eigenvalue weighted by Crippen LogP contribution is -2.22. The predicted molar refractivity (Wildman–Crippen MR) is 89.8 cm³/mol. The first kappa shape index (κ1) is 13.0. The molecule has 3 heterocycles. The molecule has 0 unspecified atom stereocenters. The van der Waals surface area contributed by atoms with Crippen LogP contribution in [0.15, 0.2) is 41.8 Å². The number of benzene rings is 2. The zero-order chi connectivity index (χ0) is 15.4. The normalized spacial score (nSPS) is 16.0. The third kappa shape index (κ3) is 1.93. The Morgan fingerprint density at radius 1 is 1.00 bits per heavy atom. The van der Waals surface area contributed by atoms with Crippen molar-refractivity contribution in [3.05, 3.63) is 52.9 Å². The molecule has 114 valence electrons. The number of hydrogen-bond acceptors (Lipinski definition) is 4. The van der Waals surface area contributed by atoms with E-state index < -0.39 is 0 Å². The van der Waals surface area contributed by atoms with Crippen molar-refractivity contribution in [3.63, 3.8) is 0 Å². The van der Waals surface area contributed by atoms with Crippen molar-refractivity contribution in [1.82, 2.24) is 0 Å². The molecule has 2 aliphatic heterocycles. The molecule has 0 spiro atoms. The lowest BCUT2D eigenvalue weighted by atomic mass is 10.1. The van der Waals surface area contributed by atoms with E-state index in [0.717, 1.165) is 17.0 Å². The molecule has 23 heavy (non-hydrogen) atoms. The Bertz CT molecular complexity index is 947. The Kier molecular flexibility index (Phi) is 2.67. The van der Waals surface area contributed by atoms with Crippen molar-refractivity contribution in [2.75, 3.05) is 18.1 Å². The van der Waals surface area contributed by atoms with Gasteiger partial charge in [-0.2, -0.15) is 0 Å². The van der Waals surface area contributed by atoms with Gasteiger partial charge in [-0.3, -0.25) is 4.79 Å². The third-order valence-corrected chi connectivity index (χ3v) is 5.22. The van der Waals surface area contributed by atoms with Gasteiger partial charge < -0.3 is 14.4 Å². The standard InChI is InChI=1S/C18H13NO3S/c20-18-14-9-16-15(21-4-5-22-16)8-12(14)10-19(18)13-1-2-17-11(7-13)3-6-23-17/h1-3,6-9H,4-5,10H2. The molecule has 0 saturated heterocycles. The lowest BCUT2D eigenvalue weighted by Gasteiger charge is -2.18. The van der Waals surface area contributed by atoms with Gasteiger partial charge in [0.15, 0.2) is 11.5 Å². The molecular formula is C18H13NO3S. The summed E-state index contributed by atoms with van der Waals surface area (Å²) in [5, 5.41) is 3.24. The number of nitrogens with zero attached hydrogens (tertiary/aromatic N) is 1. The van der Waals surface area contributed by atoms with Crippen molar-refractivity contribution >= 4 is 33.0 Å². The van der Waals surface area contributed by atoms with Gasteiger partial charge >= 0.3 is 0 Å². The van der Waals surface area contributed by atoms with Crippen LogP contribution in [0.3, 0.4) is 0 Å². The third-order valence-electron chi connectivity index (χ3n) is 4.32. The van der Waals surface area contributed by atoms with Gasteiger partial charge in [0.25, 0.3) is 5.91 Å². The van der Waals surface area contributed by atoms with Crippen molar-refractivity contribution in [2.24, 2.45) is 0 Å². The number of thiophene rings is 1. The molecule has 0 radical (unpaired) electrons. The summed E-state index contributed by atoms with van der Waals surface area (Å²) in [5.41, 5.74) is 2.63. The Labute approximate surface area is 136 Å². The SMILES string of the molecule is O=C1c2cc3c(cc2CN1c1ccc2sccc2c1)OCCO3. The van der Waals surface area contributed by atoms with E-state index in [2.05, 4.69) is 23.6 Å². The molecule has 1 amide bonds. The predicted octanol–water partition coefficient (Wildman–Crippen LogP) is 3.83. The van der Waals surface area contributed by atoms with Gasteiger partial charge in [-0.15, -0.1) is 11.3 Å². The Morgan fingerprint density at radius 3 is 2.70 bits per heavy atom. The quantitative estimate of drug-likeness (QED) is 0.683. The molecule has 0 atom stereocenters. The largest absolute Gasteiger partial charge is 0.486 e. The minimum absolute atomic E-state index is 0.0200. The number of ether oxygens (including phenoxy) is 2. The van der Waals surface area contributed by atoms with Gasteiger partial charge in [0, 0.05) is 16.0 Å². The Hall–Kier alpha value is -2.53. The lowest BCUT2D eigenvalue weighted by molar-refractivity contribution is 0.0996. The zero-order valence-electron chi connectivity index (χ0n) is 12.2. The second-order valence-corrected chi connectivity index (χ2v) is 6.63. The monoisotopic (exact) mass is 323 g/mol. The molecule has 0 bridgehead atoms. The van der Waals surface area contributed by atoms with Crippen LogP contribution < -0.4 is 14.4 Å². The molecule has 1 aromatic heterocycles. The number of amides is 1. The highest BCUT2D eigenvalue weighted by Gasteiger charge is 2.31. The minimum Gasteiger partial charge on any atom is -0.486 e. The summed E-state index contributed by atoms with van der Waals surface area (Å²) in [6.45, 7) is 1.65. The van der Waals surface area contributed by atoms with Crippen LogP contribution in [0.4, 0.5) is 5.69 Å². The maximum absolute atomic E-state index is 12.8. The fraction of sp³-hybridized carbons (Fsp3) is 0.167. The summed E-state index contributed by atoms with van der Waals surface area (Å²) in [7, 11) is 0. The van der Waals surface area contributed by atoms with Crippen LogP contribution in [0.2, 0.25) is 0 Å². The van der Waals surface area contributed by atoms with Crippen LogP contribution in [0.1, 0.15) is 15.9 Å². The zero-order valence-corrected chi connectivity index (χ0v) is 13.1. The van der Waals surface area contributed by atoms with Crippen LogP contribution >= 0.6 is 11.3 Å². The van der Waals surface area contributed by atoms with Gasteiger partial charge in [-0.25, -0.2) is 0 Å². The van der Waals surface area contributed by atoms with Crippen LogP contribution in [0, 0.1) is 0 Å². The molecule has 0 N–H and O–H groups in total. The van der Waals surface area contributed by atoms with E-state index >= 15 is 0 Å². The number of carbonyl (C=O) groups excluding carboxylic acids is 1. The first-order valence-electron chi connectivity index (χ1n) is 7.51. The Balaban J connectivity index is 1.57. The summed E-state index contributed by atoms with van der Waals surface area (Å²) >= 11 is 1.71. The van der Waals surface area contributed by atoms with Gasteiger partial charge in [0.1, 0.15) is 13.2 Å². The van der Waals surface area contributed by atoms with Crippen molar-refractivity contribution in [2.45, 2.75) is 6.54 Å². The summed E-state index contributed by atoms with van der Waals surface area (Å²) in [6.07, 6.45) is 0. The van der Waals surface area contributed by atoms with Crippen LogP contribution in [-0.2, 0) is 6.54 Å². The smallest absolute Gasteiger partial charge is 0.259 e. The summed E-state index contributed by atoms with van der Waals surface area (Å²) < 4.78 is 12.4. The molecule has 5 rings (SSSR count). The average Bonchev–Trinajstić information content (AvgIpc) is 3.17. The van der Waals surface area contributed by atoms with Crippen molar-refractivity contribution in [1.29, 1.82) is 0 Å². The molecule has 2 aromatic carbocycles. The van der Waals surface area contributed by atoms with Crippen molar-refractivity contribution in [3.8, 4) is 11.5 Å². The van der Waals surface area contributed by atoms with Crippen molar-refractivity contribution < 1.29 is 14.3 Å². The Morgan fingerprint density at radius 2 is 1.83 bits per heavy atom. The molecule has 0 fully saturated rings. The van der Waals surface area contributed by atoms with E-state index in [1.165, 1.54) is 10.1 Å². The van der Waals surface area contributed by atoms with Gasteiger partial charge in [0.05, 0.1) is 6.54 Å². The van der Waals surface area contributed by atoms with E-state index in [4.69, 9.17) is 9.47 Å². The first-order valence-corrected chi connectivity index (χ1v) is 8.39. The number of fused-ring (bicyclic) bond motifs is 3. The molecule has 2 aliphatic rings. The number of anilines is 1. The van der Waals surface area contributed by atoms with E-state index in [1.807, 2.05) is 23.1 Å². The van der Waals surface area contributed by atoms with E-state index in [9.17, 15) is 4.79 Å². The topological polar surface area (TPSA) is 38.8 Å². The van der Waals surface area contributed by atoms with E-state index in [0.29, 0.717) is 31.1 Å². The number of hydrogen-bond donors (Lipinski definition) is 0. The molecule has 5 heteroatoms. The molecular weight excluding hydrogens is 310 g/mol. The molecule has 4 nitrogen and oxygen atoms in total. The molecule has 0 saturated carbocycles. The fourth-order valence-electron chi connectivity index (χ4n) is 3.18. The highest BCUT2D eigenvalue weighted by atomic mass is 32.1. The summed E-state index contributed by atoms with van der Waals surface area (Å²) in [5.74, 6) is 1.42. The van der Waals surface area contributed by atoms with Crippen LogP contribution in [-0.4, -0.2) is 19.1 Å². The number of carbonyl (C=O) groups is 1. The van der Waals surface area contributed by atoms with Gasteiger partial charge in [-0.1, -0.05) is 0 Å². The van der Waals surface area contributed by atoms with Crippen LogP contribution in [0.5, 0.6) is 11.5 Å². The fourth-order valence-corrected chi connectivity index (χ4v) is 3.95. The maximum Gasteiger partial charge on any atom is 0.259 e. The highest BCUT2D eigenvalue weighted by molar-refractivity contribution is 7.17. The summed E-state index contributed by atoms with van der Waals surface area (Å²) in [6, 6.07) is 12.0. The highest BCUT2D eigenvalue weighted by Crippen LogP contribution is 2.38. The average molecular weight is 323 g/mol. The maximum atomic E-state index is 12.8. The molecule has 3 aromatic rings. The molecule has 0 aliphatic carbocycles. The van der Waals surface area contributed by atoms with Gasteiger partial charge in [-0.05, 0) is 52.7 Å². The van der Waals surface area contributed by atoms with E-state index in [-0.39, 0.29) is 5.91 Å².